The van der Waals surface area contributed by atoms with Gasteiger partial charge in [-0.15, -0.1) is 5.10 Å². The summed E-state index contributed by atoms with van der Waals surface area (Å²) in [6.45, 7) is 3.07. The molecule has 0 aromatic carbocycles. The molecule has 3 atom stereocenters. The van der Waals surface area contributed by atoms with Crippen molar-refractivity contribution in [2.45, 2.75) is 50.4 Å². The molecule has 6 nitrogen and oxygen atoms in total. The largest absolute Gasteiger partial charge is 0.480 e. The number of nitrogens with zero attached hydrogens (tertiary/aromatic N) is 4. The minimum atomic E-state index is 0.411. The van der Waals surface area contributed by atoms with Gasteiger partial charge in [0.1, 0.15) is 0 Å². The van der Waals surface area contributed by atoms with Gasteiger partial charge in [-0.2, -0.15) is 5.10 Å². The average Bonchev–Trinajstić information content (AvgIpc) is 3.24. The fraction of sp³-hybridized carbons (Fsp3) is 0.765. The van der Waals surface area contributed by atoms with Gasteiger partial charge in [-0.3, -0.25) is 9.80 Å². The highest BCUT2D eigenvalue weighted by Gasteiger charge is 2.37. The molecule has 0 spiro atoms. The predicted octanol–water partition coefficient (Wildman–Crippen LogP) is 1.56. The first-order valence-corrected chi connectivity index (χ1v) is 8.55. The van der Waals surface area contributed by atoms with Gasteiger partial charge in [0.2, 0.25) is 5.88 Å². The number of rotatable bonds is 6. The molecule has 2 heterocycles. The van der Waals surface area contributed by atoms with Crippen LogP contribution in [0.2, 0.25) is 0 Å². The van der Waals surface area contributed by atoms with Crippen LogP contribution in [0.15, 0.2) is 12.1 Å². The van der Waals surface area contributed by atoms with Gasteiger partial charge in [0.15, 0.2) is 0 Å². The molecule has 3 rings (SSSR count). The molecule has 23 heavy (non-hydrogen) atoms. The Hall–Kier alpha value is -1.24. The second kappa shape index (κ2) is 7.55. The lowest BCUT2D eigenvalue weighted by Crippen LogP contribution is -2.46. The van der Waals surface area contributed by atoms with Crippen LogP contribution in [0.25, 0.3) is 0 Å². The summed E-state index contributed by atoms with van der Waals surface area (Å²) in [5, 5.41) is 8.33. The summed E-state index contributed by atoms with van der Waals surface area (Å²) in [5.74, 6) is 0.567. The maximum atomic E-state index is 5.53. The standard InChI is InChI=1S/C17H28N4O2/c1-20(11-13-7-8-17(23-3)19-18-13)15-5-4-6-16(15)21-10-9-14(12-21)22-2/h7-8,14-16H,4-6,9-12H2,1-3H3/t14?,15-,16+/m1/s1. The van der Waals surface area contributed by atoms with Crippen LogP contribution in [0.5, 0.6) is 5.88 Å². The highest BCUT2D eigenvalue weighted by atomic mass is 16.5. The topological polar surface area (TPSA) is 50.7 Å². The van der Waals surface area contributed by atoms with Crippen LogP contribution in [0.4, 0.5) is 0 Å². The number of methoxy groups -OCH3 is 2. The molecule has 1 saturated heterocycles. The summed E-state index contributed by atoms with van der Waals surface area (Å²) >= 11 is 0. The van der Waals surface area contributed by atoms with E-state index in [1.807, 2.05) is 19.2 Å². The van der Waals surface area contributed by atoms with Crippen LogP contribution in [0.3, 0.4) is 0 Å². The van der Waals surface area contributed by atoms with Crippen molar-refractivity contribution in [3.63, 3.8) is 0 Å². The van der Waals surface area contributed by atoms with Gasteiger partial charge in [0.05, 0.1) is 18.9 Å². The van der Waals surface area contributed by atoms with Crippen molar-refractivity contribution in [3.05, 3.63) is 17.8 Å². The van der Waals surface area contributed by atoms with E-state index in [9.17, 15) is 0 Å². The number of ether oxygens (including phenoxy) is 2. The molecule has 128 valence electrons. The molecule has 6 heteroatoms. The molecule has 2 fully saturated rings. The zero-order valence-electron chi connectivity index (χ0n) is 14.4. The van der Waals surface area contributed by atoms with E-state index in [1.54, 1.807) is 7.11 Å². The smallest absolute Gasteiger partial charge is 0.233 e. The second-order valence-corrected chi connectivity index (χ2v) is 6.69. The zero-order chi connectivity index (χ0) is 16.2. The van der Waals surface area contributed by atoms with Crippen molar-refractivity contribution in [1.82, 2.24) is 20.0 Å². The second-order valence-electron chi connectivity index (χ2n) is 6.69. The van der Waals surface area contributed by atoms with Crippen LogP contribution in [0, 0.1) is 0 Å². The maximum Gasteiger partial charge on any atom is 0.233 e. The molecule has 0 amide bonds. The molecule has 1 aliphatic heterocycles. The molecule has 1 aliphatic carbocycles. The van der Waals surface area contributed by atoms with Crippen LogP contribution in [0.1, 0.15) is 31.4 Å². The van der Waals surface area contributed by atoms with Gasteiger partial charge in [-0.25, -0.2) is 0 Å². The highest BCUT2D eigenvalue weighted by Crippen LogP contribution is 2.31. The summed E-state index contributed by atoms with van der Waals surface area (Å²) < 4.78 is 10.6. The van der Waals surface area contributed by atoms with Gasteiger partial charge >= 0.3 is 0 Å². The Morgan fingerprint density at radius 3 is 2.74 bits per heavy atom. The van der Waals surface area contributed by atoms with Crippen LogP contribution in [-0.4, -0.2) is 72.5 Å². The SMILES string of the molecule is COc1ccc(CN(C)[C@@H]2CCC[C@@H]2N2CCC(OC)C2)nn1. The third-order valence-corrected chi connectivity index (χ3v) is 5.30. The molecule has 1 aromatic rings. The third-order valence-electron chi connectivity index (χ3n) is 5.30. The summed E-state index contributed by atoms with van der Waals surface area (Å²) in [4.78, 5) is 5.07. The van der Waals surface area contributed by atoms with E-state index in [1.165, 1.54) is 19.3 Å². The molecule has 1 saturated carbocycles. The monoisotopic (exact) mass is 320 g/mol. The molecule has 1 unspecified atom stereocenters. The zero-order valence-corrected chi connectivity index (χ0v) is 14.4. The lowest BCUT2D eigenvalue weighted by Gasteiger charge is -2.35. The molecule has 0 radical (unpaired) electrons. The summed E-state index contributed by atoms with van der Waals surface area (Å²) in [6, 6.07) is 5.12. The van der Waals surface area contributed by atoms with E-state index in [4.69, 9.17) is 9.47 Å². The summed E-state index contributed by atoms with van der Waals surface area (Å²) in [5.41, 5.74) is 0.995. The Bertz CT molecular complexity index is 496. The first-order chi connectivity index (χ1) is 11.2. The quantitative estimate of drug-likeness (QED) is 0.793. The Kier molecular flexibility index (Phi) is 5.46. The molecule has 0 bridgehead atoms. The first kappa shape index (κ1) is 16.6. The Morgan fingerprint density at radius 1 is 1.22 bits per heavy atom. The Balaban J connectivity index is 1.60. The fourth-order valence-corrected chi connectivity index (χ4v) is 4.02. The minimum absolute atomic E-state index is 0.411. The van der Waals surface area contributed by atoms with Crippen LogP contribution in [-0.2, 0) is 11.3 Å². The number of likely N-dealkylation sites (tertiary alicyclic amines) is 1. The number of hydrogen-bond acceptors (Lipinski definition) is 6. The van der Waals surface area contributed by atoms with E-state index in [0.29, 0.717) is 24.1 Å². The van der Waals surface area contributed by atoms with Gasteiger partial charge in [0.25, 0.3) is 0 Å². The van der Waals surface area contributed by atoms with Crippen molar-refractivity contribution >= 4 is 0 Å². The molecule has 2 aliphatic rings. The first-order valence-electron chi connectivity index (χ1n) is 8.55. The van der Waals surface area contributed by atoms with Crippen molar-refractivity contribution in [2.75, 3.05) is 34.4 Å². The van der Waals surface area contributed by atoms with E-state index in [2.05, 4.69) is 27.0 Å². The van der Waals surface area contributed by atoms with Crippen molar-refractivity contribution in [2.24, 2.45) is 0 Å². The van der Waals surface area contributed by atoms with Gasteiger partial charge in [0, 0.05) is 44.9 Å². The van der Waals surface area contributed by atoms with Gasteiger partial charge < -0.3 is 9.47 Å². The predicted molar refractivity (Wildman–Crippen MR) is 88.5 cm³/mol. The van der Waals surface area contributed by atoms with E-state index in [0.717, 1.165) is 31.7 Å². The fourth-order valence-electron chi connectivity index (χ4n) is 4.02. The normalized spacial score (nSPS) is 28.6. The van der Waals surface area contributed by atoms with Gasteiger partial charge in [-0.05, 0) is 32.4 Å². The van der Waals surface area contributed by atoms with Crippen molar-refractivity contribution in [1.29, 1.82) is 0 Å². The minimum Gasteiger partial charge on any atom is -0.480 e. The number of aromatic nitrogens is 2. The molecular formula is C17H28N4O2. The van der Waals surface area contributed by atoms with Crippen molar-refractivity contribution < 1.29 is 9.47 Å². The number of likely N-dealkylation sites (N-methyl/N-ethyl adjacent to an activating group) is 1. The Labute approximate surface area is 138 Å². The molecule has 0 N–H and O–H groups in total. The lowest BCUT2D eigenvalue weighted by atomic mass is 10.1. The van der Waals surface area contributed by atoms with E-state index in [-0.39, 0.29) is 0 Å². The highest BCUT2D eigenvalue weighted by molar-refractivity contribution is 5.11. The summed E-state index contributed by atoms with van der Waals surface area (Å²) in [6.07, 6.45) is 5.43. The van der Waals surface area contributed by atoms with Gasteiger partial charge in [-0.1, -0.05) is 6.42 Å². The lowest BCUT2D eigenvalue weighted by molar-refractivity contribution is 0.0838. The maximum absolute atomic E-state index is 5.53. The van der Waals surface area contributed by atoms with Crippen molar-refractivity contribution in [3.8, 4) is 5.88 Å². The third kappa shape index (κ3) is 3.82. The van der Waals surface area contributed by atoms with E-state index < -0.39 is 0 Å². The summed E-state index contributed by atoms with van der Waals surface area (Å²) in [7, 11) is 5.65. The average molecular weight is 320 g/mol. The van der Waals surface area contributed by atoms with Crippen LogP contribution < -0.4 is 4.74 Å². The Morgan fingerprint density at radius 2 is 2.09 bits per heavy atom. The van der Waals surface area contributed by atoms with E-state index >= 15 is 0 Å². The molecular weight excluding hydrogens is 292 g/mol. The molecule has 1 aromatic heterocycles. The number of hydrogen-bond donors (Lipinski definition) is 0. The van der Waals surface area contributed by atoms with Crippen LogP contribution >= 0.6 is 0 Å².